The lowest BCUT2D eigenvalue weighted by atomic mass is 10.2. The monoisotopic (exact) mass is 271 g/mol. The molecule has 0 aromatic heterocycles. The molecule has 110 valence electrons. The molecule has 2 rings (SSSR count). The van der Waals surface area contributed by atoms with Gasteiger partial charge in [0.15, 0.2) is 0 Å². The average Bonchev–Trinajstić information content (AvgIpc) is 2.47. The van der Waals surface area contributed by atoms with E-state index >= 15 is 0 Å². The first-order chi connectivity index (χ1) is 9.18. The molecule has 0 radical (unpaired) electrons. The van der Waals surface area contributed by atoms with Crippen LogP contribution in [0.15, 0.2) is 0 Å². The largest absolute Gasteiger partial charge is 0.378 e. The molecule has 0 aromatic carbocycles. The van der Waals surface area contributed by atoms with Crippen LogP contribution in [0.2, 0.25) is 0 Å². The Morgan fingerprint density at radius 1 is 1.42 bits per heavy atom. The number of hydrogen-bond donors (Lipinski definition) is 1. The molecule has 0 saturated carbocycles. The van der Waals surface area contributed by atoms with Crippen LogP contribution >= 0.6 is 0 Å². The van der Waals surface area contributed by atoms with Gasteiger partial charge in [0.1, 0.15) is 0 Å². The Hall–Kier alpha value is -0.690. The molecule has 0 bridgehead atoms. The molecule has 2 atom stereocenters. The summed E-state index contributed by atoms with van der Waals surface area (Å²) in [5.74, 6) is 0.189. The first-order valence-corrected chi connectivity index (χ1v) is 7.07. The maximum absolute atomic E-state index is 12.4. The summed E-state index contributed by atoms with van der Waals surface area (Å²) in [5.41, 5.74) is 0. The van der Waals surface area contributed by atoms with Gasteiger partial charge in [0.05, 0.1) is 32.0 Å². The lowest BCUT2D eigenvalue weighted by Gasteiger charge is -2.34. The Kier molecular flexibility index (Phi) is 5.57. The third kappa shape index (κ3) is 4.14. The van der Waals surface area contributed by atoms with Crippen molar-refractivity contribution in [3.8, 4) is 0 Å². The van der Waals surface area contributed by atoms with E-state index in [0.717, 1.165) is 26.2 Å². The molecule has 2 heterocycles. The summed E-state index contributed by atoms with van der Waals surface area (Å²) >= 11 is 0. The van der Waals surface area contributed by atoms with E-state index in [1.807, 2.05) is 18.9 Å². The second-order valence-electron chi connectivity index (χ2n) is 5.25. The number of rotatable bonds is 4. The van der Waals surface area contributed by atoms with Crippen LogP contribution < -0.4 is 5.32 Å². The topological polar surface area (TPSA) is 54.0 Å². The van der Waals surface area contributed by atoms with Gasteiger partial charge in [-0.05, 0) is 14.0 Å². The van der Waals surface area contributed by atoms with Gasteiger partial charge in [-0.1, -0.05) is 0 Å². The molecule has 1 N–H and O–H groups in total. The minimum absolute atomic E-state index is 0.108. The fraction of sp³-hybridized carbons (Fsp3) is 0.923. The highest BCUT2D eigenvalue weighted by Crippen LogP contribution is 2.07. The molecule has 2 unspecified atom stereocenters. The van der Waals surface area contributed by atoms with Crippen LogP contribution in [0.25, 0.3) is 0 Å². The third-order valence-corrected chi connectivity index (χ3v) is 3.84. The predicted octanol–water partition coefficient (Wildman–Crippen LogP) is -0.846. The molecule has 0 spiro atoms. The standard InChI is InChI=1S/C13H25N3O3/c1-11(13(17)16-4-7-18-8-5-16)15(2)10-12-9-14-3-6-19-12/h11-12,14H,3-10H2,1-2H3. The van der Waals surface area contributed by atoms with E-state index in [0.29, 0.717) is 26.3 Å². The first kappa shape index (κ1) is 14.7. The summed E-state index contributed by atoms with van der Waals surface area (Å²) in [4.78, 5) is 16.3. The molecular formula is C13H25N3O3. The predicted molar refractivity (Wildman–Crippen MR) is 72.1 cm³/mol. The van der Waals surface area contributed by atoms with Crippen LogP contribution in [0.5, 0.6) is 0 Å². The molecule has 2 aliphatic heterocycles. The van der Waals surface area contributed by atoms with Crippen molar-refractivity contribution >= 4 is 5.91 Å². The Labute approximate surface area is 115 Å². The molecule has 2 saturated heterocycles. The van der Waals surface area contributed by atoms with Crippen molar-refractivity contribution in [2.45, 2.75) is 19.1 Å². The van der Waals surface area contributed by atoms with Gasteiger partial charge >= 0.3 is 0 Å². The van der Waals surface area contributed by atoms with Crippen LogP contribution in [-0.2, 0) is 14.3 Å². The van der Waals surface area contributed by atoms with Gasteiger partial charge in [0, 0.05) is 32.7 Å². The SMILES string of the molecule is CC(C(=O)N1CCOCC1)N(C)CC1CNCCO1. The first-order valence-electron chi connectivity index (χ1n) is 7.07. The van der Waals surface area contributed by atoms with E-state index in [4.69, 9.17) is 9.47 Å². The minimum atomic E-state index is -0.108. The second kappa shape index (κ2) is 7.19. The Bertz CT molecular complexity index is 289. The van der Waals surface area contributed by atoms with Crippen molar-refractivity contribution in [2.24, 2.45) is 0 Å². The lowest BCUT2D eigenvalue weighted by Crippen LogP contribution is -2.52. The van der Waals surface area contributed by atoms with Crippen molar-refractivity contribution in [3.05, 3.63) is 0 Å². The average molecular weight is 271 g/mol. The number of amides is 1. The molecule has 1 amide bonds. The van der Waals surface area contributed by atoms with Gasteiger partial charge in [-0.3, -0.25) is 9.69 Å². The quantitative estimate of drug-likeness (QED) is 0.722. The van der Waals surface area contributed by atoms with Gasteiger partial charge in [-0.15, -0.1) is 0 Å². The summed E-state index contributed by atoms with van der Waals surface area (Å²) in [6.07, 6.45) is 0.179. The highest BCUT2D eigenvalue weighted by Gasteiger charge is 2.27. The summed E-state index contributed by atoms with van der Waals surface area (Å²) in [6, 6.07) is -0.108. The summed E-state index contributed by atoms with van der Waals surface area (Å²) in [7, 11) is 1.99. The summed E-state index contributed by atoms with van der Waals surface area (Å²) < 4.78 is 11.0. The number of ether oxygens (including phenoxy) is 2. The van der Waals surface area contributed by atoms with Crippen LogP contribution in [0.3, 0.4) is 0 Å². The van der Waals surface area contributed by atoms with Gasteiger partial charge < -0.3 is 19.7 Å². The van der Waals surface area contributed by atoms with Crippen LogP contribution in [0, 0.1) is 0 Å². The molecule has 6 heteroatoms. The van der Waals surface area contributed by atoms with Crippen LogP contribution in [-0.4, -0.2) is 87.4 Å². The fourth-order valence-corrected chi connectivity index (χ4v) is 2.45. The number of nitrogens with zero attached hydrogens (tertiary/aromatic N) is 2. The number of hydrogen-bond acceptors (Lipinski definition) is 5. The van der Waals surface area contributed by atoms with Crippen molar-refractivity contribution in [1.82, 2.24) is 15.1 Å². The van der Waals surface area contributed by atoms with Gasteiger partial charge in [-0.25, -0.2) is 0 Å². The van der Waals surface area contributed by atoms with Crippen LogP contribution in [0.1, 0.15) is 6.92 Å². The highest BCUT2D eigenvalue weighted by molar-refractivity contribution is 5.81. The van der Waals surface area contributed by atoms with Gasteiger partial charge in [0.2, 0.25) is 5.91 Å². The normalized spacial score (nSPS) is 26.5. The molecule has 0 aromatic rings. The molecule has 0 aliphatic carbocycles. The highest BCUT2D eigenvalue weighted by atomic mass is 16.5. The van der Waals surface area contributed by atoms with E-state index in [1.54, 1.807) is 0 Å². The van der Waals surface area contributed by atoms with E-state index in [2.05, 4.69) is 10.2 Å². The van der Waals surface area contributed by atoms with E-state index in [-0.39, 0.29) is 18.1 Å². The Morgan fingerprint density at radius 3 is 2.79 bits per heavy atom. The van der Waals surface area contributed by atoms with Crippen molar-refractivity contribution in [2.75, 3.05) is 59.6 Å². The molecule has 2 aliphatic rings. The third-order valence-electron chi connectivity index (χ3n) is 3.84. The maximum Gasteiger partial charge on any atom is 0.239 e. The minimum Gasteiger partial charge on any atom is -0.378 e. The van der Waals surface area contributed by atoms with Crippen molar-refractivity contribution in [3.63, 3.8) is 0 Å². The van der Waals surface area contributed by atoms with Crippen molar-refractivity contribution < 1.29 is 14.3 Å². The summed E-state index contributed by atoms with van der Waals surface area (Å²) in [5, 5.41) is 3.31. The zero-order valence-electron chi connectivity index (χ0n) is 11.9. The number of likely N-dealkylation sites (N-methyl/N-ethyl adjacent to an activating group) is 1. The zero-order chi connectivity index (χ0) is 13.7. The number of nitrogens with one attached hydrogen (secondary N) is 1. The lowest BCUT2D eigenvalue weighted by molar-refractivity contribution is -0.140. The van der Waals surface area contributed by atoms with Crippen LogP contribution in [0.4, 0.5) is 0 Å². The smallest absolute Gasteiger partial charge is 0.239 e. The molecule has 2 fully saturated rings. The molecular weight excluding hydrogens is 246 g/mol. The van der Waals surface area contributed by atoms with E-state index in [9.17, 15) is 4.79 Å². The fourth-order valence-electron chi connectivity index (χ4n) is 2.45. The molecule has 19 heavy (non-hydrogen) atoms. The number of carbonyl (C=O) groups excluding carboxylic acids is 1. The second-order valence-corrected chi connectivity index (χ2v) is 5.25. The number of morpholine rings is 2. The molecule has 6 nitrogen and oxygen atoms in total. The Balaban J connectivity index is 1.79. The van der Waals surface area contributed by atoms with Crippen molar-refractivity contribution in [1.29, 1.82) is 0 Å². The van der Waals surface area contributed by atoms with Gasteiger partial charge in [-0.2, -0.15) is 0 Å². The van der Waals surface area contributed by atoms with Gasteiger partial charge in [0.25, 0.3) is 0 Å². The van der Waals surface area contributed by atoms with E-state index in [1.165, 1.54) is 0 Å². The summed E-state index contributed by atoms with van der Waals surface area (Å²) in [6.45, 7) is 8.00. The zero-order valence-corrected chi connectivity index (χ0v) is 11.9. The number of carbonyl (C=O) groups is 1. The van der Waals surface area contributed by atoms with E-state index < -0.39 is 0 Å². The maximum atomic E-state index is 12.4. The Morgan fingerprint density at radius 2 is 2.16 bits per heavy atom.